The van der Waals surface area contributed by atoms with Gasteiger partial charge in [-0.3, -0.25) is 4.98 Å². The van der Waals surface area contributed by atoms with Crippen LogP contribution in [0, 0.1) is 39.0 Å². The number of nitriles is 1. The number of hydrogen-bond acceptors (Lipinski definition) is 3. The van der Waals surface area contributed by atoms with Crippen molar-refractivity contribution in [1.82, 2.24) is 23.3 Å². The monoisotopic (exact) mass is 1000 g/mol. The van der Waals surface area contributed by atoms with Crippen molar-refractivity contribution in [2.45, 2.75) is 27.7 Å². The summed E-state index contributed by atoms with van der Waals surface area (Å²) in [7, 11) is 0. The molecule has 0 fully saturated rings. The highest BCUT2D eigenvalue weighted by atomic mass is 32.1. The molecule has 0 aliphatic heterocycles. The van der Waals surface area contributed by atoms with E-state index in [2.05, 4.69) is 246 Å². The molecular weight excluding hydrogens is 957 g/mol. The highest BCUT2D eigenvalue weighted by Gasteiger charge is 2.35. The molecule has 0 aliphatic rings. The van der Waals surface area contributed by atoms with Crippen LogP contribution in [0.1, 0.15) is 27.8 Å². The summed E-state index contributed by atoms with van der Waals surface area (Å²) in [5, 5.41) is 23.1. The Bertz CT molecular complexity index is 5030. The molecule has 362 valence electrons. The third-order valence-electron chi connectivity index (χ3n) is 16.2. The first-order valence-corrected chi connectivity index (χ1v) is 27.1. The summed E-state index contributed by atoms with van der Waals surface area (Å²) in [6, 6.07) is 76.6. The lowest BCUT2D eigenvalue weighted by Gasteiger charge is -2.29. The topological polar surface area (TPSA) is 56.4 Å². The summed E-state index contributed by atoms with van der Waals surface area (Å²) >= 11 is 1.77. The predicted molar refractivity (Wildman–Crippen MR) is 324 cm³/mol. The van der Waals surface area contributed by atoms with Crippen molar-refractivity contribution < 1.29 is 0 Å². The molecule has 0 aliphatic carbocycles. The molecule has 7 heteroatoms. The second kappa shape index (κ2) is 16.1. The minimum Gasteiger partial charge on any atom is -0.306 e. The van der Waals surface area contributed by atoms with Crippen molar-refractivity contribution >= 4 is 119 Å². The molecule has 0 saturated heterocycles. The van der Waals surface area contributed by atoms with E-state index in [1.807, 2.05) is 12.3 Å². The molecule has 0 saturated carbocycles. The highest BCUT2D eigenvalue weighted by molar-refractivity contribution is 7.25. The molecule has 0 amide bonds. The molecule has 6 heterocycles. The Morgan fingerprint density at radius 1 is 0.351 bits per heavy atom. The largest absolute Gasteiger partial charge is 0.306 e. The summed E-state index contributed by atoms with van der Waals surface area (Å²) in [5.41, 5.74) is 19.9. The third-order valence-corrected chi connectivity index (χ3v) is 17.3. The molecule has 0 unspecified atom stereocenters. The van der Waals surface area contributed by atoms with Crippen LogP contribution < -0.4 is 0 Å². The number of para-hydroxylation sites is 4. The Labute approximate surface area is 446 Å². The van der Waals surface area contributed by atoms with E-state index in [9.17, 15) is 5.26 Å². The van der Waals surface area contributed by atoms with Gasteiger partial charge in [0.1, 0.15) is 11.6 Å². The summed E-state index contributed by atoms with van der Waals surface area (Å²) < 4.78 is 12.1. The van der Waals surface area contributed by atoms with Crippen LogP contribution in [0.3, 0.4) is 0 Å². The van der Waals surface area contributed by atoms with E-state index in [0.717, 1.165) is 164 Å². The van der Waals surface area contributed by atoms with Gasteiger partial charge in [-0.1, -0.05) is 133 Å². The van der Waals surface area contributed by atoms with Gasteiger partial charge in [-0.05, 0) is 122 Å². The van der Waals surface area contributed by atoms with E-state index in [1.54, 1.807) is 11.3 Å². The second-order valence-electron chi connectivity index (χ2n) is 20.9. The van der Waals surface area contributed by atoms with Crippen molar-refractivity contribution in [2.75, 3.05) is 0 Å². The van der Waals surface area contributed by atoms with Crippen molar-refractivity contribution in [1.29, 1.82) is 5.26 Å². The minimum absolute atomic E-state index is 0.552. The highest BCUT2D eigenvalue weighted by Crippen LogP contribution is 2.53. The molecule has 0 N–H and O–H groups in total. The fraction of sp³-hybridized carbons (Fsp3) is 0.0571. The smallest absolute Gasteiger partial charge is 0.104 e. The molecule has 16 rings (SSSR count). The quantitative estimate of drug-likeness (QED) is 0.172. The van der Waals surface area contributed by atoms with Crippen LogP contribution >= 0.6 is 11.3 Å². The molecule has 6 nitrogen and oxygen atoms in total. The number of hydrogen-bond donors (Lipinski definition) is 0. The summed E-state index contributed by atoms with van der Waals surface area (Å²) in [6.45, 7) is 8.71. The molecule has 10 aromatic carbocycles. The lowest BCUT2D eigenvalue weighted by atomic mass is 9.93. The van der Waals surface area contributed by atoms with E-state index in [-0.39, 0.29) is 0 Å². The molecular formula is C70H46N6S. The number of nitrogens with zero attached hydrogens (tertiary/aromatic N) is 6. The van der Waals surface area contributed by atoms with Gasteiger partial charge in [-0.2, -0.15) is 5.26 Å². The normalized spacial score (nSPS) is 12.1. The van der Waals surface area contributed by atoms with Gasteiger partial charge in [-0.15, -0.1) is 11.3 Å². The zero-order valence-corrected chi connectivity index (χ0v) is 43.5. The molecule has 77 heavy (non-hydrogen) atoms. The van der Waals surface area contributed by atoms with Gasteiger partial charge < -0.3 is 18.3 Å². The second-order valence-corrected chi connectivity index (χ2v) is 22.0. The third kappa shape index (κ3) is 6.07. The van der Waals surface area contributed by atoms with Crippen LogP contribution in [0.15, 0.2) is 206 Å². The van der Waals surface area contributed by atoms with Crippen molar-refractivity contribution in [3.63, 3.8) is 0 Å². The van der Waals surface area contributed by atoms with Crippen molar-refractivity contribution in [3.05, 3.63) is 234 Å². The Morgan fingerprint density at radius 3 is 1.12 bits per heavy atom. The van der Waals surface area contributed by atoms with Crippen LogP contribution in [-0.2, 0) is 0 Å². The van der Waals surface area contributed by atoms with Gasteiger partial charge in [-0.25, -0.2) is 0 Å². The van der Waals surface area contributed by atoms with E-state index in [1.165, 1.54) is 0 Å². The first kappa shape index (κ1) is 43.6. The van der Waals surface area contributed by atoms with Gasteiger partial charge in [0, 0.05) is 64.9 Å². The zero-order chi connectivity index (χ0) is 51.4. The number of pyridine rings is 1. The summed E-state index contributed by atoms with van der Waals surface area (Å²) in [4.78, 5) is 4.95. The Hall–Kier alpha value is -9.74. The van der Waals surface area contributed by atoms with Gasteiger partial charge >= 0.3 is 0 Å². The van der Waals surface area contributed by atoms with Gasteiger partial charge in [0.05, 0.1) is 77.1 Å². The zero-order valence-electron chi connectivity index (χ0n) is 42.7. The van der Waals surface area contributed by atoms with Crippen LogP contribution in [0.25, 0.3) is 141 Å². The molecule has 0 atom stereocenters. The molecule has 0 spiro atoms. The van der Waals surface area contributed by atoms with Crippen LogP contribution in [0.2, 0.25) is 0 Å². The maximum atomic E-state index is 13.0. The SMILES string of the molecule is Cc1ccc2c3ccccc3n(-c3c(C#N)c(-n4c5ccccc5c5ccc(C)cc54)c(-n4c5ccccc5c5ccc(C)cc54)c(-c4ccc5c(c4)sc4cccnc45)c3-n3c4ccccc4c4ccc(C)cc43)c2c1. The summed E-state index contributed by atoms with van der Waals surface area (Å²) in [6.07, 6.45) is 1.90. The number of thiophene rings is 1. The molecule has 6 aromatic heterocycles. The lowest BCUT2D eigenvalue weighted by molar-refractivity contribution is 1.03. The number of rotatable bonds is 5. The Balaban J connectivity index is 1.28. The summed E-state index contributed by atoms with van der Waals surface area (Å²) in [5.74, 6) is 0. The van der Waals surface area contributed by atoms with Gasteiger partial charge in [0.2, 0.25) is 0 Å². The lowest BCUT2D eigenvalue weighted by Crippen LogP contribution is -2.16. The molecule has 0 radical (unpaired) electrons. The standard InChI is InChI=1S/C70H46N6S/c1-40-23-28-49-45-14-5-9-18-55(45)73(59(49)34-40)67-54(39-71)68(74-56-19-10-6-15-46(56)50-29-24-41(2)35-60(50)74)70(76-58-21-12-8-17-48(58)52-31-26-43(4)37-62(52)76)65(44-27-32-53-64(38-44)77-63-22-13-33-72-66(53)63)69(67)75-57-20-11-7-16-47(57)51-30-25-42(3)36-61(51)75/h5-38H,1-4H3. The average molecular weight is 1000 g/mol. The van der Waals surface area contributed by atoms with Crippen LogP contribution in [-0.4, -0.2) is 23.3 Å². The fourth-order valence-electron chi connectivity index (χ4n) is 13.0. The minimum atomic E-state index is 0.552. The predicted octanol–water partition coefficient (Wildman–Crippen LogP) is 18.6. The number of aromatic nitrogens is 5. The van der Waals surface area contributed by atoms with Crippen molar-refractivity contribution in [2.24, 2.45) is 0 Å². The van der Waals surface area contributed by atoms with E-state index in [4.69, 9.17) is 4.98 Å². The Kier molecular flexibility index (Phi) is 9.14. The van der Waals surface area contributed by atoms with Crippen molar-refractivity contribution in [3.8, 4) is 39.9 Å². The first-order valence-electron chi connectivity index (χ1n) is 26.3. The Morgan fingerprint density at radius 2 is 0.714 bits per heavy atom. The van der Waals surface area contributed by atoms with Crippen LogP contribution in [0.4, 0.5) is 0 Å². The maximum Gasteiger partial charge on any atom is 0.104 e. The van der Waals surface area contributed by atoms with Crippen LogP contribution in [0.5, 0.6) is 0 Å². The fourth-order valence-corrected chi connectivity index (χ4v) is 14.1. The number of benzene rings is 10. The first-order chi connectivity index (χ1) is 37.8. The van der Waals surface area contributed by atoms with Gasteiger partial charge in [0.25, 0.3) is 0 Å². The molecule has 0 bridgehead atoms. The van der Waals surface area contributed by atoms with E-state index >= 15 is 0 Å². The molecule has 16 aromatic rings. The van der Waals surface area contributed by atoms with E-state index < -0.39 is 0 Å². The average Bonchev–Trinajstić information content (AvgIpc) is 4.46. The number of fused-ring (bicyclic) bond motifs is 15. The van der Waals surface area contributed by atoms with Gasteiger partial charge in [0.15, 0.2) is 0 Å². The number of aryl methyl sites for hydroxylation is 4. The van der Waals surface area contributed by atoms with E-state index in [0.29, 0.717) is 5.56 Å². The maximum absolute atomic E-state index is 13.0.